The number of nitrogens with zero attached hydrogens (tertiary/aromatic N) is 3. The number of benzene rings is 2. The Labute approximate surface area is 180 Å². The largest absolute Gasteiger partial charge is 0.493 e. The van der Waals surface area contributed by atoms with Crippen molar-refractivity contribution in [3.8, 4) is 17.2 Å². The van der Waals surface area contributed by atoms with Gasteiger partial charge in [0.05, 0.1) is 14.2 Å². The van der Waals surface area contributed by atoms with E-state index >= 15 is 0 Å². The van der Waals surface area contributed by atoms with Crippen molar-refractivity contribution in [2.75, 3.05) is 14.2 Å². The normalized spacial score (nSPS) is 10.8. The first kappa shape index (κ1) is 20.4. The molecule has 7 heteroatoms. The van der Waals surface area contributed by atoms with Crippen LogP contribution < -0.4 is 14.8 Å². The number of para-hydroxylation sites is 1. The first-order valence-electron chi connectivity index (χ1n) is 10.0. The maximum Gasteiger partial charge on any atom is 0.220 e. The van der Waals surface area contributed by atoms with Crippen molar-refractivity contribution in [3.05, 3.63) is 78.2 Å². The molecule has 0 aliphatic heterocycles. The zero-order valence-corrected chi connectivity index (χ0v) is 17.5. The minimum absolute atomic E-state index is 0.0150. The van der Waals surface area contributed by atoms with E-state index in [4.69, 9.17) is 9.47 Å². The fourth-order valence-electron chi connectivity index (χ4n) is 3.49. The van der Waals surface area contributed by atoms with Crippen molar-refractivity contribution < 1.29 is 14.3 Å². The number of hydrogen-bond acceptors (Lipinski definition) is 5. The number of fused-ring (bicyclic) bond motifs is 1. The van der Waals surface area contributed by atoms with Crippen LogP contribution in [0.1, 0.15) is 17.5 Å². The summed E-state index contributed by atoms with van der Waals surface area (Å²) in [5.74, 6) is 1.27. The highest BCUT2D eigenvalue weighted by molar-refractivity contribution is 5.76. The van der Waals surface area contributed by atoms with Crippen LogP contribution in [0.5, 0.6) is 11.5 Å². The van der Waals surface area contributed by atoms with Crippen molar-refractivity contribution in [3.63, 3.8) is 0 Å². The highest BCUT2D eigenvalue weighted by Gasteiger charge is 2.11. The van der Waals surface area contributed by atoms with Crippen molar-refractivity contribution in [2.45, 2.75) is 19.4 Å². The van der Waals surface area contributed by atoms with Crippen molar-refractivity contribution in [1.82, 2.24) is 19.9 Å². The van der Waals surface area contributed by atoms with Crippen molar-refractivity contribution >= 4 is 17.1 Å². The minimum atomic E-state index is -0.0150. The molecule has 0 bridgehead atoms. The van der Waals surface area contributed by atoms with E-state index in [1.54, 1.807) is 26.7 Å². The van der Waals surface area contributed by atoms with E-state index in [0.29, 0.717) is 30.9 Å². The lowest BCUT2D eigenvalue weighted by molar-refractivity contribution is -0.121. The topological polar surface area (TPSA) is 78.3 Å². The van der Waals surface area contributed by atoms with E-state index in [9.17, 15) is 4.79 Å². The molecule has 158 valence electrons. The molecule has 2 aromatic heterocycles. The van der Waals surface area contributed by atoms with E-state index in [1.165, 1.54) is 0 Å². The molecule has 0 unspecified atom stereocenters. The minimum Gasteiger partial charge on any atom is -0.493 e. The summed E-state index contributed by atoms with van der Waals surface area (Å²) in [5.41, 5.74) is 4.63. The summed E-state index contributed by atoms with van der Waals surface area (Å²) in [4.78, 5) is 21.1. The van der Waals surface area contributed by atoms with Gasteiger partial charge in [0.15, 0.2) is 17.1 Å². The van der Waals surface area contributed by atoms with E-state index in [-0.39, 0.29) is 5.91 Å². The zero-order valence-electron chi connectivity index (χ0n) is 17.5. The van der Waals surface area contributed by atoms with Gasteiger partial charge < -0.3 is 14.8 Å². The summed E-state index contributed by atoms with van der Waals surface area (Å²) in [6.45, 7) is 0.388. The number of imidazole rings is 1. The van der Waals surface area contributed by atoms with Gasteiger partial charge in [-0.2, -0.15) is 0 Å². The third kappa shape index (κ3) is 4.50. The van der Waals surface area contributed by atoms with Crippen LogP contribution in [0.25, 0.3) is 16.9 Å². The van der Waals surface area contributed by atoms with Crippen LogP contribution in [-0.4, -0.2) is 34.7 Å². The zero-order chi connectivity index (χ0) is 21.6. The maximum absolute atomic E-state index is 12.3. The number of nitrogens with one attached hydrogen (secondary N) is 1. The Kier molecular flexibility index (Phi) is 6.12. The number of aromatic nitrogens is 3. The Morgan fingerprint density at radius 1 is 1.00 bits per heavy atom. The predicted octanol–water partition coefficient (Wildman–Crippen LogP) is 3.69. The molecule has 0 aliphatic carbocycles. The number of amides is 1. The smallest absolute Gasteiger partial charge is 0.220 e. The molecule has 0 saturated heterocycles. The lowest BCUT2D eigenvalue weighted by Crippen LogP contribution is -2.23. The van der Waals surface area contributed by atoms with Gasteiger partial charge in [-0.15, -0.1) is 0 Å². The molecule has 0 radical (unpaired) electrons. The first-order chi connectivity index (χ1) is 15.2. The van der Waals surface area contributed by atoms with Gasteiger partial charge in [0, 0.05) is 30.4 Å². The van der Waals surface area contributed by atoms with E-state index in [1.807, 2.05) is 59.2 Å². The summed E-state index contributed by atoms with van der Waals surface area (Å²) in [5, 5.41) is 2.95. The van der Waals surface area contributed by atoms with Gasteiger partial charge in [0.25, 0.3) is 0 Å². The second-order valence-electron chi connectivity index (χ2n) is 7.06. The maximum atomic E-state index is 12.3. The van der Waals surface area contributed by atoms with Gasteiger partial charge in [-0.3, -0.25) is 9.36 Å². The fraction of sp³-hybridized carbons (Fsp3) is 0.208. The van der Waals surface area contributed by atoms with Crippen molar-refractivity contribution in [1.29, 1.82) is 0 Å². The number of pyridine rings is 1. The Bertz CT molecular complexity index is 1190. The van der Waals surface area contributed by atoms with Gasteiger partial charge >= 0.3 is 0 Å². The number of carbonyl (C=O) groups is 1. The second-order valence-corrected chi connectivity index (χ2v) is 7.06. The quantitative estimate of drug-likeness (QED) is 0.474. The number of hydrogen-bond donors (Lipinski definition) is 1. The predicted molar refractivity (Wildman–Crippen MR) is 119 cm³/mol. The molecule has 1 N–H and O–H groups in total. The molecule has 0 saturated carbocycles. The average molecular weight is 416 g/mol. The summed E-state index contributed by atoms with van der Waals surface area (Å²) in [6.07, 6.45) is 4.59. The molecule has 0 aliphatic rings. The highest BCUT2D eigenvalue weighted by Crippen LogP contribution is 2.30. The second kappa shape index (κ2) is 9.30. The van der Waals surface area contributed by atoms with Gasteiger partial charge in [-0.05, 0) is 42.3 Å². The molecule has 0 atom stereocenters. The SMILES string of the molecule is COc1cccc(CNC(=O)CCc2ccc(-n3cnc4cccnc43)cc2)c1OC. The Morgan fingerprint density at radius 3 is 2.61 bits per heavy atom. The molecule has 31 heavy (non-hydrogen) atoms. The molecular formula is C24H24N4O3. The van der Waals surface area contributed by atoms with Gasteiger partial charge in [0.1, 0.15) is 11.8 Å². The van der Waals surface area contributed by atoms with E-state index in [2.05, 4.69) is 15.3 Å². The average Bonchev–Trinajstić information content (AvgIpc) is 3.25. The summed E-state index contributed by atoms with van der Waals surface area (Å²) < 4.78 is 12.7. The standard InChI is InChI=1S/C24H24N4O3/c1-30-21-7-3-5-18(23(21)31-2)15-26-22(29)13-10-17-8-11-19(12-9-17)28-16-27-20-6-4-14-25-24(20)28/h3-9,11-12,14,16H,10,13,15H2,1-2H3,(H,26,29). The van der Waals surface area contributed by atoms with E-state index in [0.717, 1.165) is 28.0 Å². The molecular weight excluding hydrogens is 392 g/mol. The molecule has 2 aromatic carbocycles. The third-order valence-corrected chi connectivity index (χ3v) is 5.12. The van der Waals surface area contributed by atoms with Crippen LogP contribution in [0.4, 0.5) is 0 Å². The summed E-state index contributed by atoms with van der Waals surface area (Å²) >= 11 is 0. The van der Waals surface area contributed by atoms with Crippen molar-refractivity contribution in [2.24, 2.45) is 0 Å². The summed E-state index contributed by atoms with van der Waals surface area (Å²) in [6, 6.07) is 17.5. The molecule has 4 rings (SSSR count). The lowest BCUT2D eigenvalue weighted by atomic mass is 10.1. The number of ether oxygens (including phenoxy) is 2. The number of rotatable bonds is 8. The number of carbonyl (C=O) groups excluding carboxylic acids is 1. The number of methoxy groups -OCH3 is 2. The van der Waals surface area contributed by atoms with Crippen LogP contribution in [-0.2, 0) is 17.8 Å². The van der Waals surface area contributed by atoms with Crippen LogP contribution >= 0.6 is 0 Å². The van der Waals surface area contributed by atoms with E-state index < -0.39 is 0 Å². The van der Waals surface area contributed by atoms with Gasteiger partial charge in [-0.25, -0.2) is 9.97 Å². The fourth-order valence-corrected chi connectivity index (χ4v) is 3.49. The summed E-state index contributed by atoms with van der Waals surface area (Å²) in [7, 11) is 3.19. The molecule has 7 nitrogen and oxygen atoms in total. The molecule has 2 heterocycles. The van der Waals surface area contributed by atoms with Crippen LogP contribution in [0, 0.1) is 0 Å². The number of aryl methyl sites for hydroxylation is 1. The highest BCUT2D eigenvalue weighted by atomic mass is 16.5. The molecule has 0 fully saturated rings. The van der Waals surface area contributed by atoms with Crippen LogP contribution in [0.15, 0.2) is 67.1 Å². The monoisotopic (exact) mass is 416 g/mol. The van der Waals surface area contributed by atoms with Crippen LogP contribution in [0.3, 0.4) is 0 Å². The Hall–Kier alpha value is -3.87. The Balaban J connectivity index is 1.34. The first-order valence-corrected chi connectivity index (χ1v) is 10.0. The molecule has 4 aromatic rings. The Morgan fingerprint density at radius 2 is 1.84 bits per heavy atom. The van der Waals surface area contributed by atoms with Gasteiger partial charge in [-0.1, -0.05) is 24.3 Å². The molecule has 1 amide bonds. The van der Waals surface area contributed by atoms with Crippen LogP contribution in [0.2, 0.25) is 0 Å². The molecule has 0 spiro atoms. The lowest BCUT2D eigenvalue weighted by Gasteiger charge is -2.13. The third-order valence-electron chi connectivity index (χ3n) is 5.12. The van der Waals surface area contributed by atoms with Gasteiger partial charge in [0.2, 0.25) is 5.91 Å².